The highest BCUT2D eigenvalue weighted by Crippen LogP contribution is 2.27. The highest BCUT2D eigenvalue weighted by atomic mass is 16.7. The number of rotatable bonds is 3. The summed E-state index contributed by atoms with van der Waals surface area (Å²) in [5.74, 6) is 0.450. The molecule has 6 nitrogen and oxygen atoms in total. The average Bonchev–Trinajstić information content (AvgIpc) is 3.32. The summed E-state index contributed by atoms with van der Waals surface area (Å²) >= 11 is 0. The summed E-state index contributed by atoms with van der Waals surface area (Å²) in [5.41, 5.74) is 3.71. The maximum Gasteiger partial charge on any atom is 0.257 e. The molecule has 2 fully saturated rings. The van der Waals surface area contributed by atoms with Crippen LogP contribution in [0, 0.1) is 19.8 Å². The summed E-state index contributed by atoms with van der Waals surface area (Å²) in [7, 11) is 0. The maximum atomic E-state index is 13.0. The summed E-state index contributed by atoms with van der Waals surface area (Å²) in [6, 6.07) is 8.07. The molecule has 1 aromatic carbocycles. The second kappa shape index (κ2) is 7.21. The Morgan fingerprint density at radius 1 is 1.12 bits per heavy atom. The van der Waals surface area contributed by atoms with E-state index in [-0.39, 0.29) is 12.2 Å². The van der Waals surface area contributed by atoms with E-state index in [1.807, 2.05) is 34.7 Å². The molecule has 6 heteroatoms. The first-order valence-corrected chi connectivity index (χ1v) is 9.28. The first-order chi connectivity index (χ1) is 12.6. The van der Waals surface area contributed by atoms with E-state index in [1.54, 1.807) is 6.20 Å². The van der Waals surface area contributed by atoms with Gasteiger partial charge in [0.05, 0.1) is 36.4 Å². The molecular weight excluding hydrogens is 330 g/mol. The Kier molecular flexibility index (Phi) is 4.78. The molecule has 2 saturated heterocycles. The third kappa shape index (κ3) is 3.15. The Morgan fingerprint density at radius 3 is 2.50 bits per heavy atom. The number of benzene rings is 1. The summed E-state index contributed by atoms with van der Waals surface area (Å²) in [4.78, 5) is 14.9. The molecule has 3 heterocycles. The molecule has 0 aliphatic carbocycles. The minimum atomic E-state index is -0.0854. The van der Waals surface area contributed by atoms with Crippen molar-refractivity contribution in [3.05, 3.63) is 47.3 Å². The number of amides is 1. The number of para-hydroxylation sites is 1. The zero-order chi connectivity index (χ0) is 18.1. The van der Waals surface area contributed by atoms with E-state index in [4.69, 9.17) is 9.47 Å². The SMILES string of the molecule is Cc1ccccc1-n1ncc(C(=O)N2CCC(C3OCCO3)CC2)c1C. The molecule has 0 saturated carbocycles. The topological polar surface area (TPSA) is 56.6 Å². The van der Waals surface area contributed by atoms with Crippen LogP contribution >= 0.6 is 0 Å². The molecule has 2 aromatic rings. The van der Waals surface area contributed by atoms with Gasteiger partial charge in [0.15, 0.2) is 6.29 Å². The molecule has 2 aliphatic heterocycles. The van der Waals surface area contributed by atoms with E-state index in [9.17, 15) is 4.79 Å². The molecule has 0 radical (unpaired) electrons. The molecule has 2 aliphatic rings. The fourth-order valence-electron chi connectivity index (χ4n) is 3.86. The van der Waals surface area contributed by atoms with Crippen molar-refractivity contribution in [2.24, 2.45) is 5.92 Å². The summed E-state index contributed by atoms with van der Waals surface area (Å²) in [6.07, 6.45) is 3.44. The molecule has 0 spiro atoms. The molecular formula is C20H25N3O3. The molecule has 26 heavy (non-hydrogen) atoms. The lowest BCUT2D eigenvalue weighted by atomic mass is 9.95. The highest BCUT2D eigenvalue weighted by molar-refractivity contribution is 5.95. The van der Waals surface area contributed by atoms with E-state index in [0.29, 0.717) is 24.7 Å². The predicted octanol–water partition coefficient (Wildman–Crippen LogP) is 2.71. The zero-order valence-corrected chi connectivity index (χ0v) is 15.4. The first kappa shape index (κ1) is 17.2. The van der Waals surface area contributed by atoms with Crippen molar-refractivity contribution < 1.29 is 14.3 Å². The van der Waals surface area contributed by atoms with Gasteiger partial charge in [-0.3, -0.25) is 4.79 Å². The Bertz CT molecular complexity index is 787. The fraction of sp³-hybridized carbons (Fsp3) is 0.500. The van der Waals surface area contributed by atoms with E-state index in [1.165, 1.54) is 0 Å². The second-order valence-electron chi connectivity index (χ2n) is 7.08. The van der Waals surface area contributed by atoms with Crippen molar-refractivity contribution in [2.45, 2.75) is 33.0 Å². The van der Waals surface area contributed by atoms with Crippen LogP contribution in [0.15, 0.2) is 30.5 Å². The molecule has 1 aromatic heterocycles. The van der Waals surface area contributed by atoms with Gasteiger partial charge in [-0.2, -0.15) is 5.10 Å². The van der Waals surface area contributed by atoms with Crippen molar-refractivity contribution >= 4 is 5.91 Å². The monoisotopic (exact) mass is 355 g/mol. The fourth-order valence-corrected chi connectivity index (χ4v) is 3.86. The minimum Gasteiger partial charge on any atom is -0.350 e. The van der Waals surface area contributed by atoms with Crippen molar-refractivity contribution in [1.82, 2.24) is 14.7 Å². The smallest absolute Gasteiger partial charge is 0.257 e. The van der Waals surface area contributed by atoms with E-state index in [2.05, 4.69) is 18.1 Å². The van der Waals surface area contributed by atoms with Gasteiger partial charge in [-0.05, 0) is 38.3 Å². The standard InChI is InChI=1S/C20H25N3O3/c1-14-5-3-4-6-18(14)23-15(2)17(13-21-23)19(24)22-9-7-16(8-10-22)20-25-11-12-26-20/h3-6,13,16,20H,7-12H2,1-2H3. The van der Waals surface area contributed by atoms with Gasteiger partial charge in [0.2, 0.25) is 0 Å². The van der Waals surface area contributed by atoms with Crippen molar-refractivity contribution in [1.29, 1.82) is 0 Å². The van der Waals surface area contributed by atoms with E-state index in [0.717, 1.165) is 42.9 Å². The van der Waals surface area contributed by atoms with Crippen LogP contribution < -0.4 is 0 Å². The lowest BCUT2D eigenvalue weighted by Gasteiger charge is -2.33. The normalized spacial score (nSPS) is 19.2. The summed E-state index contributed by atoms with van der Waals surface area (Å²) < 4.78 is 13.1. The van der Waals surface area contributed by atoms with Crippen LogP contribution in [0.2, 0.25) is 0 Å². The summed E-state index contributed by atoms with van der Waals surface area (Å²) in [5, 5.41) is 4.47. The first-order valence-electron chi connectivity index (χ1n) is 9.28. The number of likely N-dealkylation sites (tertiary alicyclic amines) is 1. The van der Waals surface area contributed by atoms with Gasteiger partial charge in [0, 0.05) is 19.0 Å². The van der Waals surface area contributed by atoms with Gasteiger partial charge in [-0.15, -0.1) is 0 Å². The highest BCUT2D eigenvalue weighted by Gasteiger charge is 2.32. The lowest BCUT2D eigenvalue weighted by molar-refractivity contribution is -0.0956. The number of aryl methyl sites for hydroxylation is 1. The number of ether oxygens (including phenoxy) is 2. The van der Waals surface area contributed by atoms with Crippen molar-refractivity contribution in [3.63, 3.8) is 0 Å². The molecule has 138 valence electrons. The average molecular weight is 355 g/mol. The van der Waals surface area contributed by atoms with Gasteiger partial charge in [-0.25, -0.2) is 4.68 Å². The second-order valence-corrected chi connectivity index (χ2v) is 7.08. The molecule has 4 rings (SSSR count). The molecule has 1 amide bonds. The number of carbonyl (C=O) groups excluding carboxylic acids is 1. The lowest BCUT2D eigenvalue weighted by Crippen LogP contribution is -2.41. The van der Waals surface area contributed by atoms with Gasteiger partial charge in [-0.1, -0.05) is 18.2 Å². The third-order valence-electron chi connectivity index (χ3n) is 5.44. The number of hydrogen-bond acceptors (Lipinski definition) is 4. The number of piperidine rings is 1. The van der Waals surface area contributed by atoms with Crippen molar-refractivity contribution in [2.75, 3.05) is 26.3 Å². The van der Waals surface area contributed by atoms with E-state index < -0.39 is 0 Å². The van der Waals surface area contributed by atoms with Crippen LogP contribution in [0.1, 0.15) is 34.5 Å². The minimum absolute atomic E-state index is 0.0639. The number of nitrogens with zero attached hydrogens (tertiary/aromatic N) is 3. The van der Waals surface area contributed by atoms with Gasteiger partial charge >= 0.3 is 0 Å². The van der Waals surface area contributed by atoms with Crippen LogP contribution in [0.5, 0.6) is 0 Å². The van der Waals surface area contributed by atoms with Crippen LogP contribution in [0.25, 0.3) is 5.69 Å². The van der Waals surface area contributed by atoms with Gasteiger partial charge in [0.25, 0.3) is 5.91 Å². The predicted molar refractivity (Wildman–Crippen MR) is 97.4 cm³/mol. The van der Waals surface area contributed by atoms with Gasteiger partial charge < -0.3 is 14.4 Å². The van der Waals surface area contributed by atoms with Crippen LogP contribution in [-0.4, -0.2) is 53.2 Å². The summed E-state index contributed by atoms with van der Waals surface area (Å²) in [6.45, 7) is 6.85. The Balaban J connectivity index is 1.47. The molecule has 0 N–H and O–H groups in total. The van der Waals surface area contributed by atoms with Gasteiger partial charge in [0.1, 0.15) is 0 Å². The van der Waals surface area contributed by atoms with E-state index >= 15 is 0 Å². The van der Waals surface area contributed by atoms with Crippen LogP contribution in [-0.2, 0) is 9.47 Å². The maximum absolute atomic E-state index is 13.0. The number of carbonyl (C=O) groups is 1. The molecule has 0 atom stereocenters. The Labute approximate surface area is 153 Å². The van der Waals surface area contributed by atoms with Crippen LogP contribution in [0.4, 0.5) is 0 Å². The van der Waals surface area contributed by atoms with Crippen molar-refractivity contribution in [3.8, 4) is 5.69 Å². The number of aromatic nitrogens is 2. The third-order valence-corrected chi connectivity index (χ3v) is 5.44. The largest absolute Gasteiger partial charge is 0.350 e. The molecule has 0 bridgehead atoms. The quantitative estimate of drug-likeness (QED) is 0.849. The zero-order valence-electron chi connectivity index (χ0n) is 15.4. The number of hydrogen-bond donors (Lipinski definition) is 0. The van der Waals surface area contributed by atoms with Crippen LogP contribution in [0.3, 0.4) is 0 Å². The Hall–Kier alpha value is -2.18. The Morgan fingerprint density at radius 2 is 1.81 bits per heavy atom. The molecule has 0 unspecified atom stereocenters.